The maximum Gasteiger partial charge on any atom is 0.286 e. The van der Waals surface area contributed by atoms with E-state index in [2.05, 4.69) is 11.2 Å². The number of hydrogen-bond donors (Lipinski definition) is 2. The lowest BCUT2D eigenvalue weighted by Crippen LogP contribution is -2.35. The third kappa shape index (κ3) is 5.85. The highest BCUT2D eigenvalue weighted by Crippen LogP contribution is 2.37. The van der Waals surface area contributed by atoms with Crippen LogP contribution in [0.1, 0.15) is 51.4 Å². The Hall–Kier alpha value is -1.51. The van der Waals surface area contributed by atoms with Crippen molar-refractivity contribution in [1.29, 1.82) is 0 Å². The molecule has 0 spiro atoms. The van der Waals surface area contributed by atoms with Gasteiger partial charge < -0.3 is 19.9 Å². The zero-order chi connectivity index (χ0) is 17.2. The minimum Gasteiger partial charge on any atom is -0.459 e. The van der Waals surface area contributed by atoms with Gasteiger partial charge in [0.25, 0.3) is 5.91 Å². The van der Waals surface area contributed by atoms with E-state index >= 15 is 0 Å². The predicted molar refractivity (Wildman–Crippen MR) is 91.8 cm³/mol. The van der Waals surface area contributed by atoms with Crippen LogP contribution in [0.4, 0.5) is 0 Å². The number of nitrogens with one attached hydrogen (secondary N) is 1. The minimum atomic E-state index is -0.396. The smallest absolute Gasteiger partial charge is 0.286 e. The average molecular weight is 335 g/mol. The molecule has 1 aliphatic carbocycles. The monoisotopic (exact) mass is 335 g/mol. The Morgan fingerprint density at radius 3 is 2.88 bits per heavy atom. The number of amides is 1. The Kier molecular flexibility index (Phi) is 8.14. The van der Waals surface area contributed by atoms with Crippen LogP contribution in [0.2, 0.25) is 0 Å². The van der Waals surface area contributed by atoms with Crippen LogP contribution in [0.5, 0.6) is 0 Å². The van der Waals surface area contributed by atoms with Crippen molar-refractivity contribution in [3.05, 3.63) is 11.8 Å². The maximum absolute atomic E-state index is 12.2. The van der Waals surface area contributed by atoms with Crippen molar-refractivity contribution in [2.45, 2.75) is 57.7 Å². The van der Waals surface area contributed by atoms with Crippen LogP contribution in [0.3, 0.4) is 0 Å². The van der Waals surface area contributed by atoms with E-state index in [1.165, 1.54) is 32.1 Å². The van der Waals surface area contributed by atoms with E-state index in [4.69, 9.17) is 21.0 Å². The summed E-state index contributed by atoms with van der Waals surface area (Å²) in [7, 11) is 0. The van der Waals surface area contributed by atoms with Gasteiger partial charge in [0.15, 0.2) is 5.76 Å². The zero-order valence-electron chi connectivity index (χ0n) is 14.3. The van der Waals surface area contributed by atoms with Crippen molar-refractivity contribution in [3.63, 3.8) is 0 Å². The van der Waals surface area contributed by atoms with Gasteiger partial charge in [0.2, 0.25) is 6.29 Å². The number of rotatable bonds is 8. The lowest BCUT2D eigenvalue weighted by Gasteiger charge is -2.35. The topological polar surface area (TPSA) is 67.8 Å². The van der Waals surface area contributed by atoms with Crippen molar-refractivity contribution in [2.75, 3.05) is 19.8 Å². The molecule has 134 valence electrons. The van der Waals surface area contributed by atoms with Gasteiger partial charge in [-0.15, -0.1) is 6.42 Å². The van der Waals surface area contributed by atoms with Crippen LogP contribution in [-0.4, -0.2) is 37.1 Å². The standard InChI is InChI=1S/C19H29NO4/c1-2-10-20-19(22)17-13-16(15-8-4-3-5-9-15)14-18(24-17)23-12-7-6-11-21/h1,13,15-16,18,21H,3-12,14H2,(H,20,22)/t16-,18+/m1/s1. The molecule has 2 atom stereocenters. The summed E-state index contributed by atoms with van der Waals surface area (Å²) in [6, 6.07) is 0. The van der Waals surface area contributed by atoms with Crippen molar-refractivity contribution in [1.82, 2.24) is 5.32 Å². The summed E-state index contributed by atoms with van der Waals surface area (Å²) in [5, 5.41) is 11.5. The molecule has 1 aliphatic heterocycles. The Morgan fingerprint density at radius 2 is 2.17 bits per heavy atom. The molecule has 24 heavy (non-hydrogen) atoms. The van der Waals surface area contributed by atoms with Crippen LogP contribution in [0.25, 0.3) is 0 Å². The first-order chi connectivity index (χ1) is 11.7. The molecular weight excluding hydrogens is 306 g/mol. The molecule has 1 fully saturated rings. The molecule has 2 aliphatic rings. The number of hydrogen-bond acceptors (Lipinski definition) is 4. The molecule has 0 aromatic carbocycles. The van der Waals surface area contributed by atoms with Crippen molar-refractivity contribution in [3.8, 4) is 12.3 Å². The lowest BCUT2D eigenvalue weighted by molar-refractivity contribution is -0.151. The Labute approximate surface area is 144 Å². The Morgan fingerprint density at radius 1 is 1.38 bits per heavy atom. The van der Waals surface area contributed by atoms with Gasteiger partial charge in [-0.3, -0.25) is 4.79 Å². The summed E-state index contributed by atoms with van der Waals surface area (Å²) in [6.45, 7) is 0.886. The van der Waals surface area contributed by atoms with Gasteiger partial charge in [-0.1, -0.05) is 25.2 Å². The molecule has 2 rings (SSSR count). The fourth-order valence-corrected chi connectivity index (χ4v) is 3.48. The van der Waals surface area contributed by atoms with Gasteiger partial charge in [0.05, 0.1) is 13.2 Å². The van der Waals surface area contributed by atoms with Gasteiger partial charge in [-0.2, -0.15) is 0 Å². The molecular formula is C19H29NO4. The summed E-state index contributed by atoms with van der Waals surface area (Å²) in [5.41, 5.74) is 0. The number of aliphatic hydroxyl groups excluding tert-OH is 1. The largest absolute Gasteiger partial charge is 0.459 e. The van der Waals surface area contributed by atoms with Crippen molar-refractivity contribution >= 4 is 5.91 Å². The molecule has 2 N–H and O–H groups in total. The highest BCUT2D eigenvalue weighted by atomic mass is 16.7. The molecule has 0 aromatic rings. The van der Waals surface area contributed by atoms with Crippen molar-refractivity contribution < 1.29 is 19.4 Å². The normalized spacial score (nSPS) is 24.6. The SMILES string of the molecule is C#CCNC(=O)C1=C[C@@H](C2CCCCC2)C[C@@H](OCCCCO)O1. The quantitative estimate of drug-likeness (QED) is 0.528. The zero-order valence-corrected chi connectivity index (χ0v) is 14.3. The summed E-state index contributed by atoms with van der Waals surface area (Å²) in [6.07, 6.45) is 15.3. The number of ether oxygens (including phenoxy) is 2. The minimum absolute atomic E-state index is 0.166. The predicted octanol–water partition coefficient (Wildman–Crippen LogP) is 2.35. The van der Waals surface area contributed by atoms with Gasteiger partial charge in [0, 0.05) is 13.0 Å². The van der Waals surface area contributed by atoms with Crippen LogP contribution >= 0.6 is 0 Å². The van der Waals surface area contributed by atoms with Crippen LogP contribution in [-0.2, 0) is 14.3 Å². The van der Waals surface area contributed by atoms with E-state index in [-0.39, 0.29) is 19.1 Å². The second-order valence-electron chi connectivity index (χ2n) is 6.56. The molecule has 0 bridgehead atoms. The van der Waals surface area contributed by atoms with Crippen molar-refractivity contribution in [2.24, 2.45) is 11.8 Å². The van der Waals surface area contributed by atoms with E-state index in [1.54, 1.807) is 0 Å². The van der Waals surface area contributed by atoms with E-state index in [0.717, 1.165) is 12.8 Å². The fraction of sp³-hybridized carbons (Fsp3) is 0.737. The first-order valence-corrected chi connectivity index (χ1v) is 9.07. The number of terminal acetylenes is 1. The molecule has 0 radical (unpaired) electrons. The molecule has 1 amide bonds. The summed E-state index contributed by atoms with van der Waals surface area (Å²) in [4.78, 5) is 12.2. The van der Waals surface area contributed by atoms with Crippen LogP contribution in [0.15, 0.2) is 11.8 Å². The molecule has 0 aromatic heterocycles. The first kappa shape index (κ1) is 18.8. The van der Waals surface area contributed by atoms with Gasteiger partial charge in [-0.05, 0) is 43.6 Å². The highest BCUT2D eigenvalue weighted by molar-refractivity contribution is 5.91. The van der Waals surface area contributed by atoms with E-state index in [0.29, 0.717) is 30.6 Å². The fourth-order valence-electron chi connectivity index (χ4n) is 3.48. The van der Waals surface area contributed by atoms with Crippen LogP contribution in [0, 0.1) is 24.2 Å². The van der Waals surface area contributed by atoms with Gasteiger partial charge in [0.1, 0.15) is 0 Å². The number of unbranched alkanes of at least 4 members (excludes halogenated alkanes) is 1. The molecule has 5 heteroatoms. The van der Waals surface area contributed by atoms with E-state index < -0.39 is 6.29 Å². The number of carbonyl (C=O) groups is 1. The van der Waals surface area contributed by atoms with Gasteiger partial charge >= 0.3 is 0 Å². The lowest BCUT2D eigenvalue weighted by atomic mass is 9.77. The third-order valence-electron chi connectivity index (χ3n) is 4.77. The Bertz CT molecular complexity index is 462. The molecule has 1 saturated carbocycles. The second kappa shape index (κ2) is 10.4. The third-order valence-corrected chi connectivity index (χ3v) is 4.77. The maximum atomic E-state index is 12.2. The Balaban J connectivity index is 1.98. The summed E-state index contributed by atoms with van der Waals surface area (Å²) < 4.78 is 11.5. The number of allylic oxidation sites excluding steroid dienone is 1. The number of carbonyl (C=O) groups excluding carboxylic acids is 1. The first-order valence-electron chi connectivity index (χ1n) is 9.07. The molecule has 0 unspecified atom stereocenters. The van der Waals surface area contributed by atoms with Crippen LogP contribution < -0.4 is 5.32 Å². The summed E-state index contributed by atoms with van der Waals surface area (Å²) >= 11 is 0. The van der Waals surface area contributed by atoms with E-state index in [1.807, 2.05) is 6.08 Å². The second-order valence-corrected chi connectivity index (χ2v) is 6.56. The average Bonchev–Trinajstić information content (AvgIpc) is 2.63. The van der Waals surface area contributed by atoms with Gasteiger partial charge in [-0.25, -0.2) is 0 Å². The number of aliphatic hydroxyl groups is 1. The molecule has 0 saturated heterocycles. The highest BCUT2D eigenvalue weighted by Gasteiger charge is 2.32. The summed E-state index contributed by atoms with van der Waals surface area (Å²) in [5.74, 6) is 3.38. The molecule has 1 heterocycles. The molecule has 5 nitrogen and oxygen atoms in total. The van der Waals surface area contributed by atoms with E-state index in [9.17, 15) is 4.79 Å².